The van der Waals surface area contributed by atoms with Crippen LogP contribution in [0.5, 0.6) is 0 Å². The van der Waals surface area contributed by atoms with E-state index in [1.807, 2.05) is 18.2 Å². The number of anilines is 1. The average Bonchev–Trinajstić information content (AvgIpc) is 3.10. The van der Waals surface area contributed by atoms with Crippen molar-refractivity contribution in [2.45, 2.75) is 20.8 Å². The van der Waals surface area contributed by atoms with Crippen LogP contribution in [0.1, 0.15) is 59.7 Å². The van der Waals surface area contributed by atoms with Gasteiger partial charge < -0.3 is 14.6 Å². The van der Waals surface area contributed by atoms with Gasteiger partial charge in [0.05, 0.1) is 16.8 Å². The summed E-state index contributed by atoms with van der Waals surface area (Å²) in [5, 5.41) is 0. The van der Waals surface area contributed by atoms with Gasteiger partial charge in [0.2, 0.25) is 5.78 Å². The number of para-hydroxylation sites is 1. The zero-order valence-corrected chi connectivity index (χ0v) is 18.4. The summed E-state index contributed by atoms with van der Waals surface area (Å²) in [7, 11) is 1.62. The SMILES string of the molecule is CC(=O)c1c(C)[nH]c(C(=O)COC(=O)c2ccccc2C(=O)N(C)c2ccccc2)c1C. The maximum atomic E-state index is 13.0. The zero-order chi connectivity index (χ0) is 23.4. The Labute approximate surface area is 186 Å². The Morgan fingerprint density at radius 3 is 2.09 bits per heavy atom. The number of nitrogens with zero attached hydrogens (tertiary/aromatic N) is 1. The lowest BCUT2D eigenvalue weighted by molar-refractivity contribution is 0.0471. The Balaban J connectivity index is 1.77. The molecular weight excluding hydrogens is 408 g/mol. The number of aromatic nitrogens is 1. The molecule has 164 valence electrons. The first-order valence-corrected chi connectivity index (χ1v) is 10.0. The highest BCUT2D eigenvalue weighted by Crippen LogP contribution is 2.20. The first-order valence-electron chi connectivity index (χ1n) is 10.0. The normalized spacial score (nSPS) is 10.5. The molecule has 0 saturated carbocycles. The minimum atomic E-state index is -0.781. The number of esters is 1. The number of aromatic amines is 1. The van der Waals surface area contributed by atoms with Crippen LogP contribution in [0, 0.1) is 13.8 Å². The van der Waals surface area contributed by atoms with Gasteiger partial charge in [0.1, 0.15) is 0 Å². The van der Waals surface area contributed by atoms with E-state index < -0.39 is 18.4 Å². The van der Waals surface area contributed by atoms with Crippen LogP contribution in [-0.4, -0.2) is 42.1 Å². The van der Waals surface area contributed by atoms with Crippen LogP contribution in [0.4, 0.5) is 5.69 Å². The molecule has 3 aromatic rings. The number of aryl methyl sites for hydroxylation is 1. The van der Waals surface area contributed by atoms with E-state index in [0.29, 0.717) is 22.5 Å². The number of carbonyl (C=O) groups excluding carboxylic acids is 4. The third kappa shape index (κ3) is 4.51. The minimum Gasteiger partial charge on any atom is -0.454 e. The van der Waals surface area contributed by atoms with Gasteiger partial charge in [-0.1, -0.05) is 30.3 Å². The Bertz CT molecular complexity index is 1190. The number of nitrogens with one attached hydrogen (secondary N) is 1. The van der Waals surface area contributed by atoms with Crippen molar-refractivity contribution in [3.8, 4) is 0 Å². The fraction of sp³-hybridized carbons (Fsp3) is 0.200. The van der Waals surface area contributed by atoms with Crippen molar-refractivity contribution in [3.63, 3.8) is 0 Å². The first kappa shape index (κ1) is 22.7. The molecule has 0 saturated heterocycles. The molecule has 0 unspecified atom stereocenters. The van der Waals surface area contributed by atoms with Crippen molar-refractivity contribution in [1.82, 2.24) is 4.98 Å². The Morgan fingerprint density at radius 1 is 0.906 bits per heavy atom. The van der Waals surface area contributed by atoms with Crippen molar-refractivity contribution >= 4 is 29.1 Å². The van der Waals surface area contributed by atoms with Crippen LogP contribution >= 0.6 is 0 Å². The topological polar surface area (TPSA) is 96.5 Å². The Morgan fingerprint density at radius 2 is 1.50 bits per heavy atom. The predicted octanol–water partition coefficient (Wildman–Crippen LogP) is 4.15. The van der Waals surface area contributed by atoms with Gasteiger partial charge >= 0.3 is 5.97 Å². The zero-order valence-electron chi connectivity index (χ0n) is 18.4. The van der Waals surface area contributed by atoms with E-state index in [4.69, 9.17) is 4.74 Å². The molecule has 0 radical (unpaired) electrons. The van der Waals surface area contributed by atoms with Gasteiger partial charge in [0, 0.05) is 24.0 Å². The van der Waals surface area contributed by atoms with E-state index >= 15 is 0 Å². The molecule has 2 aromatic carbocycles. The number of carbonyl (C=O) groups is 4. The predicted molar refractivity (Wildman–Crippen MR) is 121 cm³/mol. The summed E-state index contributed by atoms with van der Waals surface area (Å²) < 4.78 is 5.22. The first-order chi connectivity index (χ1) is 15.2. The summed E-state index contributed by atoms with van der Waals surface area (Å²) in [6.07, 6.45) is 0. The van der Waals surface area contributed by atoms with Gasteiger partial charge in [-0.15, -0.1) is 0 Å². The van der Waals surface area contributed by atoms with Crippen LogP contribution in [0.3, 0.4) is 0 Å². The smallest absolute Gasteiger partial charge is 0.339 e. The lowest BCUT2D eigenvalue weighted by Crippen LogP contribution is -2.28. The molecule has 0 aliphatic rings. The number of H-pyrrole nitrogens is 1. The van der Waals surface area contributed by atoms with E-state index in [9.17, 15) is 19.2 Å². The molecule has 1 aromatic heterocycles. The molecule has 0 bridgehead atoms. The minimum absolute atomic E-state index is 0.0666. The molecule has 0 aliphatic heterocycles. The third-order valence-corrected chi connectivity index (χ3v) is 5.23. The van der Waals surface area contributed by atoms with Crippen molar-refractivity contribution in [1.29, 1.82) is 0 Å². The molecule has 32 heavy (non-hydrogen) atoms. The fourth-order valence-electron chi connectivity index (χ4n) is 3.64. The average molecular weight is 432 g/mol. The van der Waals surface area contributed by atoms with Gasteiger partial charge in [-0.2, -0.15) is 0 Å². The molecule has 0 spiro atoms. The number of benzene rings is 2. The maximum Gasteiger partial charge on any atom is 0.339 e. The molecule has 0 fully saturated rings. The van der Waals surface area contributed by atoms with Gasteiger partial charge in [0.25, 0.3) is 5.91 Å². The van der Waals surface area contributed by atoms with Crippen molar-refractivity contribution in [3.05, 3.63) is 88.2 Å². The number of hydrogen-bond acceptors (Lipinski definition) is 5. The number of hydrogen-bond donors (Lipinski definition) is 1. The summed E-state index contributed by atoms with van der Waals surface area (Å²) >= 11 is 0. The van der Waals surface area contributed by atoms with Crippen molar-refractivity contribution in [2.75, 3.05) is 18.6 Å². The fourth-order valence-corrected chi connectivity index (χ4v) is 3.64. The standard InChI is InChI=1S/C25H24N2O5/c1-15-22(17(3)28)16(2)26-23(15)21(29)14-32-25(31)20-13-9-8-12-19(20)24(30)27(4)18-10-6-5-7-11-18/h5-13,26H,14H2,1-4H3. The monoisotopic (exact) mass is 432 g/mol. The molecular formula is C25H24N2O5. The molecule has 3 rings (SSSR count). The molecule has 7 nitrogen and oxygen atoms in total. The number of amides is 1. The Hall–Kier alpha value is -4.00. The number of rotatable bonds is 7. The quantitative estimate of drug-likeness (QED) is 0.447. The van der Waals surface area contributed by atoms with Crippen LogP contribution < -0.4 is 4.90 Å². The molecule has 0 aliphatic carbocycles. The highest BCUT2D eigenvalue weighted by molar-refractivity contribution is 6.12. The summed E-state index contributed by atoms with van der Waals surface area (Å²) in [4.78, 5) is 54.4. The van der Waals surface area contributed by atoms with Crippen LogP contribution in [-0.2, 0) is 4.74 Å². The number of Topliss-reactive ketones (excluding diaryl/α,β-unsaturated/α-hetero) is 2. The van der Waals surface area contributed by atoms with E-state index in [1.54, 1.807) is 45.2 Å². The molecule has 1 heterocycles. The number of ketones is 2. The third-order valence-electron chi connectivity index (χ3n) is 5.23. The lowest BCUT2D eigenvalue weighted by Gasteiger charge is -2.18. The van der Waals surface area contributed by atoms with Gasteiger partial charge in [-0.3, -0.25) is 14.4 Å². The molecule has 1 N–H and O–H groups in total. The second-order valence-corrected chi connectivity index (χ2v) is 7.43. The van der Waals surface area contributed by atoms with Gasteiger partial charge in [-0.25, -0.2) is 4.79 Å². The second-order valence-electron chi connectivity index (χ2n) is 7.43. The van der Waals surface area contributed by atoms with Crippen LogP contribution in [0.25, 0.3) is 0 Å². The largest absolute Gasteiger partial charge is 0.454 e. The molecule has 7 heteroatoms. The highest BCUT2D eigenvalue weighted by atomic mass is 16.5. The second kappa shape index (κ2) is 9.43. The van der Waals surface area contributed by atoms with Crippen LogP contribution in [0.15, 0.2) is 54.6 Å². The van der Waals surface area contributed by atoms with E-state index in [-0.39, 0.29) is 28.5 Å². The van der Waals surface area contributed by atoms with E-state index in [2.05, 4.69) is 4.98 Å². The highest BCUT2D eigenvalue weighted by Gasteiger charge is 2.24. The maximum absolute atomic E-state index is 13.0. The van der Waals surface area contributed by atoms with Crippen molar-refractivity contribution in [2.24, 2.45) is 0 Å². The Kier molecular flexibility index (Phi) is 6.68. The van der Waals surface area contributed by atoms with E-state index in [1.165, 1.54) is 24.0 Å². The molecule has 1 amide bonds. The summed E-state index contributed by atoms with van der Waals surface area (Å²) in [5.74, 6) is -1.77. The van der Waals surface area contributed by atoms with Crippen molar-refractivity contribution < 1.29 is 23.9 Å². The summed E-state index contributed by atoms with van der Waals surface area (Å²) in [6, 6.07) is 15.3. The summed E-state index contributed by atoms with van der Waals surface area (Å²) in [5.41, 5.74) is 2.71. The van der Waals surface area contributed by atoms with E-state index in [0.717, 1.165) is 0 Å². The summed E-state index contributed by atoms with van der Waals surface area (Å²) in [6.45, 7) is 4.28. The molecule has 0 atom stereocenters. The lowest BCUT2D eigenvalue weighted by atomic mass is 10.1. The number of ether oxygens (including phenoxy) is 1. The van der Waals surface area contributed by atoms with Crippen LogP contribution in [0.2, 0.25) is 0 Å². The van der Waals surface area contributed by atoms with Gasteiger partial charge in [-0.05, 0) is 50.6 Å². The van der Waals surface area contributed by atoms with Gasteiger partial charge in [0.15, 0.2) is 12.4 Å².